The molecule has 1 aliphatic rings. The van der Waals surface area contributed by atoms with Crippen LogP contribution in [0.5, 0.6) is 0 Å². The molecule has 1 heterocycles. The van der Waals surface area contributed by atoms with Crippen LogP contribution in [-0.2, 0) is 9.59 Å². The largest absolute Gasteiger partial charge is 0.376 e. The first kappa shape index (κ1) is 14.9. The molecule has 1 saturated heterocycles. The molecular weight excluding hydrogens is 268 g/mol. The van der Waals surface area contributed by atoms with Crippen LogP contribution in [0, 0.1) is 17.2 Å². The lowest BCUT2D eigenvalue weighted by Crippen LogP contribution is -2.43. The van der Waals surface area contributed by atoms with Crippen LogP contribution in [-0.4, -0.2) is 36.3 Å². The van der Waals surface area contributed by atoms with Crippen molar-refractivity contribution in [2.24, 2.45) is 11.7 Å². The predicted molar refractivity (Wildman–Crippen MR) is 78.1 cm³/mol. The maximum absolute atomic E-state index is 12.1. The van der Waals surface area contributed by atoms with E-state index in [0.717, 1.165) is 5.69 Å². The van der Waals surface area contributed by atoms with E-state index in [0.29, 0.717) is 31.5 Å². The van der Waals surface area contributed by atoms with Crippen molar-refractivity contribution in [3.63, 3.8) is 0 Å². The zero-order chi connectivity index (χ0) is 15.2. The number of hydrogen-bond donors (Lipinski definition) is 2. The van der Waals surface area contributed by atoms with Crippen LogP contribution in [0.15, 0.2) is 24.3 Å². The summed E-state index contributed by atoms with van der Waals surface area (Å²) in [5.41, 5.74) is 6.65. The van der Waals surface area contributed by atoms with Crippen molar-refractivity contribution in [3.05, 3.63) is 29.8 Å². The van der Waals surface area contributed by atoms with Gasteiger partial charge in [0.05, 0.1) is 18.2 Å². The number of amides is 2. The first-order valence-electron chi connectivity index (χ1n) is 6.91. The van der Waals surface area contributed by atoms with Crippen LogP contribution in [0.25, 0.3) is 0 Å². The van der Waals surface area contributed by atoms with Gasteiger partial charge in [0.25, 0.3) is 0 Å². The van der Waals surface area contributed by atoms with E-state index in [1.54, 1.807) is 29.2 Å². The van der Waals surface area contributed by atoms with Crippen LogP contribution in [0.1, 0.15) is 18.4 Å². The second-order valence-electron chi connectivity index (χ2n) is 5.10. The number of anilines is 1. The van der Waals surface area contributed by atoms with E-state index in [4.69, 9.17) is 11.0 Å². The van der Waals surface area contributed by atoms with Crippen molar-refractivity contribution in [1.29, 1.82) is 5.26 Å². The maximum Gasteiger partial charge on any atom is 0.241 e. The van der Waals surface area contributed by atoms with Crippen LogP contribution in [0.4, 0.5) is 5.69 Å². The summed E-state index contributed by atoms with van der Waals surface area (Å²) in [6, 6.07) is 8.98. The molecular formula is C15H18N4O2. The predicted octanol–water partition coefficient (Wildman–Crippen LogP) is 0.694. The molecule has 0 saturated carbocycles. The minimum absolute atomic E-state index is 0.00211. The standard InChI is InChI=1S/C15H18N4O2/c16-9-11-1-3-13(4-2-11)18-10-14(20)19-7-5-12(6-8-19)15(17)21/h1-4,12,18H,5-8,10H2,(H2,17,21). The van der Waals surface area contributed by atoms with E-state index >= 15 is 0 Å². The summed E-state index contributed by atoms with van der Waals surface area (Å²) in [4.78, 5) is 24.9. The number of carbonyl (C=O) groups is 2. The Hall–Kier alpha value is -2.55. The topological polar surface area (TPSA) is 99.2 Å². The monoisotopic (exact) mass is 286 g/mol. The maximum atomic E-state index is 12.1. The average Bonchev–Trinajstić information content (AvgIpc) is 2.53. The molecule has 3 N–H and O–H groups in total. The third-order valence-electron chi connectivity index (χ3n) is 3.71. The zero-order valence-corrected chi connectivity index (χ0v) is 11.7. The molecule has 2 rings (SSSR count). The van der Waals surface area contributed by atoms with E-state index in [1.807, 2.05) is 6.07 Å². The molecule has 6 nitrogen and oxygen atoms in total. The number of nitrogens with zero attached hydrogens (tertiary/aromatic N) is 2. The van der Waals surface area contributed by atoms with Crippen LogP contribution >= 0.6 is 0 Å². The Balaban J connectivity index is 1.80. The number of nitrogens with one attached hydrogen (secondary N) is 1. The number of carbonyl (C=O) groups excluding carboxylic acids is 2. The van der Waals surface area contributed by atoms with Gasteiger partial charge in [-0.2, -0.15) is 5.26 Å². The average molecular weight is 286 g/mol. The summed E-state index contributed by atoms with van der Waals surface area (Å²) >= 11 is 0. The summed E-state index contributed by atoms with van der Waals surface area (Å²) < 4.78 is 0. The van der Waals surface area contributed by atoms with Crippen LogP contribution in [0.2, 0.25) is 0 Å². The summed E-state index contributed by atoms with van der Waals surface area (Å²) in [5, 5.41) is 11.7. The quantitative estimate of drug-likeness (QED) is 0.850. The number of nitrogens with two attached hydrogens (primary N) is 1. The molecule has 110 valence electrons. The van der Waals surface area contributed by atoms with Gasteiger partial charge >= 0.3 is 0 Å². The minimum atomic E-state index is -0.280. The van der Waals surface area contributed by atoms with Crippen LogP contribution < -0.4 is 11.1 Å². The lowest BCUT2D eigenvalue weighted by molar-refractivity contribution is -0.133. The molecule has 1 fully saturated rings. The third-order valence-corrected chi connectivity index (χ3v) is 3.71. The number of rotatable bonds is 4. The van der Waals surface area contributed by atoms with Gasteiger partial charge in [-0.3, -0.25) is 9.59 Å². The highest BCUT2D eigenvalue weighted by Crippen LogP contribution is 2.17. The van der Waals surface area contributed by atoms with E-state index < -0.39 is 0 Å². The molecule has 1 aliphatic heterocycles. The number of primary amides is 1. The molecule has 2 amide bonds. The van der Waals surface area contributed by atoms with Gasteiger partial charge in [0.2, 0.25) is 11.8 Å². The van der Waals surface area contributed by atoms with Gasteiger partial charge in [0, 0.05) is 24.7 Å². The normalized spacial score (nSPS) is 15.3. The lowest BCUT2D eigenvalue weighted by Gasteiger charge is -2.30. The van der Waals surface area contributed by atoms with Gasteiger partial charge in [-0.05, 0) is 37.1 Å². The highest BCUT2D eigenvalue weighted by Gasteiger charge is 2.25. The van der Waals surface area contributed by atoms with Crippen LogP contribution in [0.3, 0.4) is 0 Å². The number of likely N-dealkylation sites (tertiary alicyclic amines) is 1. The van der Waals surface area contributed by atoms with Gasteiger partial charge in [0.1, 0.15) is 0 Å². The summed E-state index contributed by atoms with van der Waals surface area (Å²) in [6.45, 7) is 1.34. The Morgan fingerprint density at radius 1 is 1.29 bits per heavy atom. The Bertz CT molecular complexity index is 554. The second-order valence-corrected chi connectivity index (χ2v) is 5.10. The molecule has 1 aromatic rings. The Morgan fingerprint density at radius 2 is 1.90 bits per heavy atom. The number of hydrogen-bond acceptors (Lipinski definition) is 4. The molecule has 6 heteroatoms. The molecule has 0 aromatic heterocycles. The van der Waals surface area contributed by atoms with Crippen molar-refractivity contribution in [3.8, 4) is 6.07 Å². The minimum Gasteiger partial charge on any atom is -0.376 e. The van der Waals surface area contributed by atoms with E-state index in [9.17, 15) is 9.59 Å². The Labute approximate surface area is 123 Å². The second kappa shape index (κ2) is 6.75. The van der Waals surface area contributed by atoms with Gasteiger partial charge in [-0.15, -0.1) is 0 Å². The molecule has 1 aromatic carbocycles. The van der Waals surface area contributed by atoms with Gasteiger partial charge in [-0.1, -0.05) is 0 Å². The number of piperidine rings is 1. The van der Waals surface area contributed by atoms with Gasteiger partial charge < -0.3 is 16.0 Å². The highest BCUT2D eigenvalue weighted by atomic mass is 16.2. The first-order valence-corrected chi connectivity index (χ1v) is 6.91. The summed E-state index contributed by atoms with van der Waals surface area (Å²) in [5.74, 6) is -0.388. The molecule has 0 unspecified atom stereocenters. The molecule has 21 heavy (non-hydrogen) atoms. The van der Waals surface area contributed by atoms with E-state index in [2.05, 4.69) is 5.32 Å². The SMILES string of the molecule is N#Cc1ccc(NCC(=O)N2CCC(C(N)=O)CC2)cc1. The van der Waals surface area contributed by atoms with E-state index in [1.165, 1.54) is 0 Å². The van der Waals surface area contributed by atoms with Gasteiger partial charge in [0.15, 0.2) is 0 Å². The van der Waals surface area contributed by atoms with Crippen molar-refractivity contribution < 1.29 is 9.59 Å². The molecule has 0 bridgehead atoms. The fraction of sp³-hybridized carbons (Fsp3) is 0.400. The molecule has 0 aliphatic carbocycles. The highest BCUT2D eigenvalue weighted by molar-refractivity contribution is 5.81. The zero-order valence-electron chi connectivity index (χ0n) is 11.7. The third kappa shape index (κ3) is 3.96. The molecule has 0 atom stereocenters. The van der Waals surface area contributed by atoms with Crippen molar-refractivity contribution >= 4 is 17.5 Å². The Kier molecular flexibility index (Phi) is 4.77. The summed E-state index contributed by atoms with van der Waals surface area (Å²) in [7, 11) is 0. The fourth-order valence-electron chi connectivity index (χ4n) is 2.37. The number of benzene rings is 1. The van der Waals surface area contributed by atoms with Crippen molar-refractivity contribution in [2.75, 3.05) is 25.0 Å². The summed E-state index contributed by atoms with van der Waals surface area (Å²) in [6.07, 6.45) is 1.27. The molecule has 0 radical (unpaired) electrons. The number of nitriles is 1. The smallest absolute Gasteiger partial charge is 0.241 e. The lowest BCUT2D eigenvalue weighted by atomic mass is 9.96. The fourth-order valence-corrected chi connectivity index (χ4v) is 2.37. The first-order chi connectivity index (χ1) is 10.1. The Morgan fingerprint density at radius 3 is 2.43 bits per heavy atom. The van der Waals surface area contributed by atoms with E-state index in [-0.39, 0.29) is 24.3 Å². The van der Waals surface area contributed by atoms with Gasteiger partial charge in [-0.25, -0.2) is 0 Å². The van der Waals surface area contributed by atoms with Crippen molar-refractivity contribution in [1.82, 2.24) is 4.90 Å². The molecule has 0 spiro atoms. The van der Waals surface area contributed by atoms with Crippen molar-refractivity contribution in [2.45, 2.75) is 12.8 Å².